The van der Waals surface area contributed by atoms with Crippen molar-refractivity contribution in [1.29, 1.82) is 0 Å². The summed E-state index contributed by atoms with van der Waals surface area (Å²) in [5, 5.41) is 31.3. The molecule has 0 atom stereocenters. The SMILES string of the molecule is O=[N+]([O-])Cc1cccc(C([N+](=O)[O-])[N+](=O)[O-])c1. The second-order valence-corrected chi connectivity index (χ2v) is 3.18. The molecule has 0 aromatic heterocycles. The van der Waals surface area contributed by atoms with Crippen molar-refractivity contribution >= 4 is 0 Å². The van der Waals surface area contributed by atoms with Crippen LogP contribution in [0.15, 0.2) is 24.3 Å². The number of nitro groups is 3. The fourth-order valence-corrected chi connectivity index (χ4v) is 1.32. The van der Waals surface area contributed by atoms with Crippen LogP contribution in [-0.4, -0.2) is 14.8 Å². The number of hydrogen-bond donors (Lipinski definition) is 0. The molecule has 0 saturated heterocycles. The highest BCUT2D eigenvalue weighted by atomic mass is 16.7. The minimum atomic E-state index is -2.10. The van der Waals surface area contributed by atoms with Crippen LogP contribution >= 0.6 is 0 Å². The Morgan fingerprint density at radius 3 is 2.12 bits per heavy atom. The third-order valence-corrected chi connectivity index (χ3v) is 1.96. The summed E-state index contributed by atoms with van der Waals surface area (Å²) in [6.45, 7) is -0.532. The maximum Gasteiger partial charge on any atom is 0.476 e. The Hall–Kier alpha value is -2.58. The van der Waals surface area contributed by atoms with Crippen molar-refractivity contribution in [2.24, 2.45) is 0 Å². The van der Waals surface area contributed by atoms with Crippen molar-refractivity contribution in [3.8, 4) is 0 Å². The molecule has 1 aromatic carbocycles. The van der Waals surface area contributed by atoms with Gasteiger partial charge in [0.25, 0.3) is 0 Å². The van der Waals surface area contributed by atoms with E-state index in [2.05, 4.69) is 0 Å². The van der Waals surface area contributed by atoms with Crippen molar-refractivity contribution < 1.29 is 14.8 Å². The lowest BCUT2D eigenvalue weighted by Gasteiger charge is -2.02. The quantitative estimate of drug-likeness (QED) is 0.429. The summed E-state index contributed by atoms with van der Waals surface area (Å²) in [5.41, 5.74) is 0.000509. The Morgan fingerprint density at radius 1 is 1.06 bits per heavy atom. The van der Waals surface area contributed by atoms with Gasteiger partial charge < -0.3 is 0 Å². The molecule has 0 spiro atoms. The van der Waals surface area contributed by atoms with Crippen LogP contribution in [0.5, 0.6) is 0 Å². The Bertz CT molecular complexity index is 460. The van der Waals surface area contributed by atoms with Gasteiger partial charge in [0, 0.05) is 10.5 Å². The fraction of sp³-hybridized carbons (Fsp3) is 0.250. The van der Waals surface area contributed by atoms with Gasteiger partial charge in [-0.15, -0.1) is 0 Å². The summed E-state index contributed by atoms with van der Waals surface area (Å²) in [7, 11) is 0. The van der Waals surface area contributed by atoms with Gasteiger partial charge in [-0.3, -0.25) is 30.3 Å². The number of nitrogens with zero attached hydrogens (tertiary/aromatic N) is 3. The Kier molecular flexibility index (Phi) is 3.65. The summed E-state index contributed by atoms with van der Waals surface area (Å²) in [6.07, 6.45) is -2.10. The van der Waals surface area contributed by atoms with Crippen molar-refractivity contribution in [3.63, 3.8) is 0 Å². The molecule has 0 bridgehead atoms. The zero-order chi connectivity index (χ0) is 13.0. The van der Waals surface area contributed by atoms with Gasteiger partial charge in [-0.1, -0.05) is 12.1 Å². The molecule has 0 unspecified atom stereocenters. The van der Waals surface area contributed by atoms with Gasteiger partial charge in [-0.05, 0) is 12.1 Å². The molecule has 1 rings (SSSR count). The highest BCUT2D eigenvalue weighted by Gasteiger charge is 2.34. The average molecular weight is 241 g/mol. The minimum Gasteiger partial charge on any atom is -0.264 e. The third kappa shape index (κ3) is 3.19. The van der Waals surface area contributed by atoms with E-state index >= 15 is 0 Å². The molecule has 0 fully saturated rings. The maximum atomic E-state index is 10.5. The van der Waals surface area contributed by atoms with Gasteiger partial charge >= 0.3 is 6.17 Å². The standard InChI is InChI=1S/C8H7N3O6/c12-9(13)5-6-2-1-3-7(4-6)8(10(14)15)11(16)17/h1-4,8H,5H2. The lowest BCUT2D eigenvalue weighted by atomic mass is 10.1. The summed E-state index contributed by atoms with van der Waals surface area (Å²) in [5.74, 6) is 0. The van der Waals surface area contributed by atoms with Gasteiger partial charge in [-0.25, -0.2) is 0 Å². The van der Waals surface area contributed by atoms with Crippen molar-refractivity contribution in [2.45, 2.75) is 12.7 Å². The maximum absolute atomic E-state index is 10.5. The molecule has 0 amide bonds. The molecule has 0 N–H and O–H groups in total. The second kappa shape index (κ2) is 4.96. The van der Waals surface area contributed by atoms with Crippen LogP contribution in [0.25, 0.3) is 0 Å². The Morgan fingerprint density at radius 2 is 1.65 bits per heavy atom. The highest BCUT2D eigenvalue weighted by molar-refractivity contribution is 5.23. The predicted octanol–water partition coefficient (Wildman–Crippen LogP) is 1.02. The number of benzene rings is 1. The molecular formula is C8H7N3O6. The first kappa shape index (κ1) is 12.5. The van der Waals surface area contributed by atoms with E-state index in [1.807, 2.05) is 0 Å². The van der Waals surface area contributed by atoms with Crippen LogP contribution < -0.4 is 0 Å². The van der Waals surface area contributed by atoms with E-state index in [-0.39, 0.29) is 11.1 Å². The molecule has 9 nitrogen and oxygen atoms in total. The lowest BCUT2D eigenvalue weighted by molar-refractivity contribution is -0.752. The molecule has 9 heteroatoms. The molecule has 17 heavy (non-hydrogen) atoms. The zero-order valence-corrected chi connectivity index (χ0v) is 8.38. The van der Waals surface area contributed by atoms with Gasteiger partial charge in [-0.2, -0.15) is 0 Å². The summed E-state index contributed by atoms with van der Waals surface area (Å²) >= 11 is 0. The molecule has 0 radical (unpaired) electrons. The second-order valence-electron chi connectivity index (χ2n) is 3.18. The first-order valence-corrected chi connectivity index (χ1v) is 4.39. The molecular weight excluding hydrogens is 234 g/mol. The molecule has 90 valence electrons. The van der Waals surface area contributed by atoms with Gasteiger partial charge in [0.15, 0.2) is 0 Å². The van der Waals surface area contributed by atoms with Gasteiger partial charge in [0.05, 0.1) is 0 Å². The van der Waals surface area contributed by atoms with Crippen molar-refractivity contribution in [3.05, 3.63) is 65.7 Å². The van der Waals surface area contributed by atoms with Crippen LogP contribution in [-0.2, 0) is 6.54 Å². The van der Waals surface area contributed by atoms with Crippen molar-refractivity contribution in [1.82, 2.24) is 0 Å². The van der Waals surface area contributed by atoms with Crippen LogP contribution in [0.3, 0.4) is 0 Å². The summed E-state index contributed by atoms with van der Waals surface area (Å²) in [6, 6.07) is 4.98. The summed E-state index contributed by atoms with van der Waals surface area (Å²) in [4.78, 5) is 28.5. The van der Waals surface area contributed by atoms with E-state index in [4.69, 9.17) is 0 Å². The molecule has 0 heterocycles. The van der Waals surface area contributed by atoms with Crippen molar-refractivity contribution in [2.75, 3.05) is 0 Å². The summed E-state index contributed by atoms with van der Waals surface area (Å²) < 4.78 is 0. The third-order valence-electron chi connectivity index (χ3n) is 1.96. The van der Waals surface area contributed by atoms with E-state index in [0.29, 0.717) is 0 Å². The predicted molar refractivity (Wildman–Crippen MR) is 53.9 cm³/mol. The molecule has 0 aliphatic carbocycles. The average Bonchev–Trinajstić information content (AvgIpc) is 2.15. The van der Waals surface area contributed by atoms with Gasteiger partial charge in [0.1, 0.15) is 15.4 Å². The van der Waals surface area contributed by atoms with E-state index in [0.717, 1.165) is 6.07 Å². The van der Waals surface area contributed by atoms with Crippen LogP contribution in [0.4, 0.5) is 0 Å². The molecule has 0 aliphatic rings. The van der Waals surface area contributed by atoms with E-state index in [1.165, 1.54) is 18.2 Å². The smallest absolute Gasteiger partial charge is 0.264 e. The minimum absolute atomic E-state index is 0.181. The highest BCUT2D eigenvalue weighted by Crippen LogP contribution is 2.18. The normalized spacial score (nSPS) is 10.2. The lowest BCUT2D eigenvalue weighted by Crippen LogP contribution is -2.19. The first-order chi connectivity index (χ1) is 7.91. The van der Waals surface area contributed by atoms with E-state index in [9.17, 15) is 30.3 Å². The topological polar surface area (TPSA) is 129 Å². The Labute approximate surface area is 94.1 Å². The Balaban J connectivity index is 3.08. The van der Waals surface area contributed by atoms with E-state index in [1.54, 1.807) is 0 Å². The van der Waals surface area contributed by atoms with Crippen LogP contribution in [0, 0.1) is 30.3 Å². The molecule has 0 aliphatic heterocycles. The number of rotatable bonds is 5. The van der Waals surface area contributed by atoms with Crippen LogP contribution in [0.2, 0.25) is 0 Å². The first-order valence-electron chi connectivity index (χ1n) is 4.39. The molecule has 0 saturated carbocycles. The fourth-order valence-electron chi connectivity index (χ4n) is 1.32. The van der Waals surface area contributed by atoms with Crippen LogP contribution in [0.1, 0.15) is 17.3 Å². The molecule has 1 aromatic rings. The largest absolute Gasteiger partial charge is 0.476 e. The monoisotopic (exact) mass is 241 g/mol. The zero-order valence-electron chi connectivity index (χ0n) is 8.38. The number of hydrogen-bond acceptors (Lipinski definition) is 6. The van der Waals surface area contributed by atoms with Gasteiger partial charge in [0.2, 0.25) is 6.54 Å². The van der Waals surface area contributed by atoms with E-state index < -0.39 is 27.5 Å².